The van der Waals surface area contributed by atoms with E-state index >= 15 is 0 Å². The molecule has 4 rings (SSSR count). The van der Waals surface area contributed by atoms with Gasteiger partial charge in [0.2, 0.25) is 5.95 Å². The van der Waals surface area contributed by atoms with Crippen LogP contribution < -0.4 is 15.5 Å². The summed E-state index contributed by atoms with van der Waals surface area (Å²) in [5.41, 5.74) is 0.792. The number of aromatic nitrogens is 3. The maximum atomic E-state index is 8.00. The van der Waals surface area contributed by atoms with Crippen molar-refractivity contribution in [3.63, 3.8) is 0 Å². The zero-order valence-electron chi connectivity index (χ0n) is 15.4. The molecular weight excluding hydrogens is 328 g/mol. The number of hydrogen-bond acceptors (Lipinski definition) is 7. The summed E-state index contributed by atoms with van der Waals surface area (Å²) in [5.74, 6) is 1.75. The molecule has 0 bridgehead atoms. The summed E-state index contributed by atoms with van der Waals surface area (Å²) in [6, 6.07) is 5.29. The van der Waals surface area contributed by atoms with Gasteiger partial charge >= 0.3 is 0 Å². The molecule has 0 aromatic carbocycles. The average Bonchev–Trinajstić information content (AvgIpc) is 3.24. The van der Waals surface area contributed by atoms with Gasteiger partial charge in [-0.05, 0) is 57.7 Å². The maximum absolute atomic E-state index is 8.00. The number of fused-ring (bicyclic) bond motifs is 1. The molecule has 7 nitrogen and oxygen atoms in total. The van der Waals surface area contributed by atoms with Crippen LogP contribution in [0.2, 0.25) is 0 Å². The van der Waals surface area contributed by atoms with Gasteiger partial charge in [-0.15, -0.1) is 0 Å². The van der Waals surface area contributed by atoms with E-state index in [9.17, 15) is 0 Å². The van der Waals surface area contributed by atoms with Crippen LogP contribution in [0.25, 0.3) is 11.0 Å². The normalized spacial score (nSPS) is 22.7. The van der Waals surface area contributed by atoms with E-state index < -0.39 is 0 Å². The number of nitrogens with one attached hydrogen (secondary N) is 2. The predicted molar refractivity (Wildman–Crippen MR) is 105 cm³/mol. The highest BCUT2D eigenvalue weighted by Crippen LogP contribution is 2.23. The Kier molecular flexibility index (Phi) is 6.33. The Hall–Kier alpha value is -2.28. The fourth-order valence-corrected chi connectivity index (χ4v) is 3.80. The zero-order valence-corrected chi connectivity index (χ0v) is 15.4. The number of pyridine rings is 1. The first kappa shape index (κ1) is 18.5. The topological polar surface area (TPSA) is 83.0 Å². The lowest BCUT2D eigenvalue weighted by Crippen LogP contribution is -2.35. The lowest BCUT2D eigenvalue weighted by molar-refractivity contribution is -0.0979. The number of hydrogen-bond donors (Lipinski definition) is 2. The van der Waals surface area contributed by atoms with Gasteiger partial charge in [-0.25, -0.2) is 9.97 Å². The highest BCUT2D eigenvalue weighted by atomic mass is 16.1. The van der Waals surface area contributed by atoms with E-state index in [1.165, 1.54) is 25.7 Å². The first-order chi connectivity index (χ1) is 12.8. The second kappa shape index (κ2) is 8.89. The van der Waals surface area contributed by atoms with Gasteiger partial charge in [0.05, 0.1) is 0 Å². The summed E-state index contributed by atoms with van der Waals surface area (Å²) in [6.45, 7) is 4.20. The largest absolute Gasteiger partial charge is 0.357 e. The number of nitrogens with zero attached hydrogens (tertiary/aromatic N) is 4. The van der Waals surface area contributed by atoms with Gasteiger partial charge in [0.25, 0.3) is 0 Å². The van der Waals surface area contributed by atoms with Gasteiger partial charge in [0, 0.05) is 36.8 Å². The second-order valence-corrected chi connectivity index (χ2v) is 6.95. The average molecular weight is 356 g/mol. The predicted octanol–water partition coefficient (Wildman–Crippen LogP) is 2.38. The molecule has 2 aliphatic rings. The fourth-order valence-electron chi connectivity index (χ4n) is 3.80. The van der Waals surface area contributed by atoms with Crippen molar-refractivity contribution in [2.24, 2.45) is 0 Å². The monoisotopic (exact) mass is 356 g/mol. The third-order valence-corrected chi connectivity index (χ3v) is 5.33. The maximum Gasteiger partial charge on any atom is 0.224 e. The minimum atomic E-state index is 0.466. The van der Waals surface area contributed by atoms with Crippen molar-refractivity contribution in [2.45, 2.75) is 50.6 Å². The van der Waals surface area contributed by atoms with Crippen molar-refractivity contribution < 1.29 is 4.79 Å². The molecular formula is C19H28N6O. The Labute approximate surface area is 154 Å². The van der Waals surface area contributed by atoms with Crippen molar-refractivity contribution in [3.8, 4) is 0 Å². The lowest BCUT2D eigenvalue weighted by Gasteiger charge is -2.28. The van der Waals surface area contributed by atoms with Crippen LogP contribution in [0.1, 0.15) is 38.5 Å². The quantitative estimate of drug-likeness (QED) is 0.870. The summed E-state index contributed by atoms with van der Waals surface area (Å²) in [4.78, 5) is 24.2. The highest BCUT2D eigenvalue weighted by molar-refractivity contribution is 5.76. The van der Waals surface area contributed by atoms with Crippen molar-refractivity contribution in [1.82, 2.24) is 20.3 Å². The summed E-state index contributed by atoms with van der Waals surface area (Å²) in [5, 5.41) is 7.88. The molecule has 0 amide bonds. The Morgan fingerprint density at radius 1 is 1.04 bits per heavy atom. The Morgan fingerprint density at radius 3 is 2.42 bits per heavy atom. The molecule has 0 atom stereocenters. The van der Waals surface area contributed by atoms with Crippen LogP contribution in [0.15, 0.2) is 18.3 Å². The molecule has 1 saturated heterocycles. The molecule has 0 radical (unpaired) electrons. The van der Waals surface area contributed by atoms with E-state index in [2.05, 4.69) is 44.7 Å². The molecule has 2 N–H and O–H groups in total. The van der Waals surface area contributed by atoms with Crippen molar-refractivity contribution in [2.75, 3.05) is 30.4 Å². The molecule has 0 spiro atoms. The number of anilines is 2. The number of carbonyl (C=O) groups excluding carboxylic acids is 1. The highest BCUT2D eigenvalue weighted by Gasteiger charge is 2.20. The van der Waals surface area contributed by atoms with E-state index in [0.29, 0.717) is 18.0 Å². The first-order valence-electron chi connectivity index (χ1n) is 9.43. The second-order valence-electron chi connectivity index (χ2n) is 6.95. The Morgan fingerprint density at radius 2 is 1.73 bits per heavy atom. The molecule has 3 heterocycles. The molecule has 1 saturated carbocycles. The third kappa shape index (κ3) is 4.27. The summed E-state index contributed by atoms with van der Waals surface area (Å²) in [7, 11) is 2.05. The minimum absolute atomic E-state index is 0.466. The minimum Gasteiger partial charge on any atom is -0.357 e. The van der Waals surface area contributed by atoms with Gasteiger partial charge < -0.3 is 20.3 Å². The van der Waals surface area contributed by atoms with Crippen molar-refractivity contribution in [1.29, 1.82) is 0 Å². The van der Waals surface area contributed by atoms with Crippen molar-refractivity contribution in [3.05, 3.63) is 18.3 Å². The van der Waals surface area contributed by atoms with E-state index in [4.69, 9.17) is 9.78 Å². The van der Waals surface area contributed by atoms with Crippen LogP contribution in [0.3, 0.4) is 0 Å². The van der Waals surface area contributed by atoms with E-state index in [1.807, 2.05) is 13.0 Å². The van der Waals surface area contributed by atoms with Gasteiger partial charge in [-0.2, -0.15) is 4.98 Å². The first-order valence-corrected chi connectivity index (χ1v) is 9.43. The zero-order chi connectivity index (χ0) is 18.4. The number of carbonyl (C=O) groups is 1. The van der Waals surface area contributed by atoms with Gasteiger partial charge in [0.15, 0.2) is 5.65 Å². The molecule has 0 unspecified atom stereocenters. The molecule has 26 heavy (non-hydrogen) atoms. The van der Waals surface area contributed by atoms with Gasteiger partial charge in [-0.3, -0.25) is 0 Å². The van der Waals surface area contributed by atoms with Gasteiger partial charge in [0.1, 0.15) is 12.6 Å². The standard InChI is InChI=1S/C18H26N6.CH2O/c1-19-14-5-7-15(8-6-14)21-18-20-12-13-4-9-16(22-17(13)23-18)24-10-2-3-11-24;1-2/h4,9,12,14-15,19H,2-3,5-8,10-11H2,1H3,(H,20,21,22,23);1H2. The van der Waals surface area contributed by atoms with E-state index in [1.54, 1.807) is 0 Å². The molecule has 1 aliphatic carbocycles. The van der Waals surface area contributed by atoms with Crippen LogP contribution >= 0.6 is 0 Å². The fraction of sp³-hybridized carbons (Fsp3) is 0.579. The lowest BCUT2D eigenvalue weighted by atomic mass is 9.91. The van der Waals surface area contributed by atoms with Crippen LogP contribution in [0.4, 0.5) is 11.8 Å². The SMILES string of the molecule is C=O.CNC1CCC(Nc2ncc3ccc(N4CCCC4)nc3n2)CC1. The summed E-state index contributed by atoms with van der Waals surface area (Å²) in [6.07, 6.45) is 9.13. The molecule has 2 aromatic rings. The molecule has 2 aromatic heterocycles. The van der Waals surface area contributed by atoms with Gasteiger partial charge in [-0.1, -0.05) is 0 Å². The molecule has 7 heteroatoms. The van der Waals surface area contributed by atoms with Crippen LogP contribution in [0, 0.1) is 0 Å². The molecule has 140 valence electrons. The molecule has 2 fully saturated rings. The number of rotatable bonds is 4. The van der Waals surface area contributed by atoms with Crippen LogP contribution in [-0.2, 0) is 4.79 Å². The van der Waals surface area contributed by atoms with E-state index in [-0.39, 0.29) is 0 Å². The third-order valence-electron chi connectivity index (χ3n) is 5.33. The van der Waals surface area contributed by atoms with Crippen LogP contribution in [-0.4, -0.2) is 54.0 Å². The Balaban J connectivity index is 0.000000948. The summed E-state index contributed by atoms with van der Waals surface area (Å²) < 4.78 is 0. The molecule has 1 aliphatic heterocycles. The summed E-state index contributed by atoms with van der Waals surface area (Å²) >= 11 is 0. The Bertz CT molecular complexity index is 710. The smallest absolute Gasteiger partial charge is 0.224 e. The van der Waals surface area contributed by atoms with E-state index in [0.717, 1.165) is 42.8 Å². The van der Waals surface area contributed by atoms with Crippen LogP contribution in [0.5, 0.6) is 0 Å². The van der Waals surface area contributed by atoms with Crippen molar-refractivity contribution >= 4 is 29.6 Å².